The number of carbonyl (C=O) groups excluding carboxylic acids is 2. The van der Waals surface area contributed by atoms with Crippen molar-refractivity contribution >= 4 is 27.7 Å². The lowest BCUT2D eigenvalue weighted by molar-refractivity contribution is 0.0841. The summed E-state index contributed by atoms with van der Waals surface area (Å²) in [5.74, 6) is -1.65. The molecule has 0 heterocycles. The lowest BCUT2D eigenvalue weighted by Crippen LogP contribution is -2.42. The Morgan fingerprint density at radius 2 is 1.39 bits per heavy atom. The quantitative estimate of drug-likeness (QED) is 0.580. The minimum Gasteiger partial charge on any atom is -0.488 e. The van der Waals surface area contributed by atoms with Gasteiger partial charge in [-0.2, -0.15) is 0 Å². The van der Waals surface area contributed by atoms with Gasteiger partial charge in [0.2, 0.25) is 0 Å². The molecule has 3 rings (SSSR count). The van der Waals surface area contributed by atoms with Crippen LogP contribution in [0.4, 0.5) is 4.39 Å². The number of amides is 2. The van der Waals surface area contributed by atoms with E-state index in [9.17, 15) is 14.0 Å². The van der Waals surface area contributed by atoms with Crippen molar-refractivity contribution in [2.75, 3.05) is 0 Å². The van der Waals surface area contributed by atoms with E-state index in [2.05, 4.69) is 26.8 Å². The Morgan fingerprint density at radius 3 is 2.11 bits per heavy atom. The number of para-hydroxylation sites is 1. The van der Waals surface area contributed by atoms with E-state index in [0.29, 0.717) is 5.75 Å². The second-order valence-corrected chi connectivity index (χ2v) is 6.62. The number of hydrazine groups is 1. The number of halogens is 2. The summed E-state index contributed by atoms with van der Waals surface area (Å²) >= 11 is 3.45. The molecule has 0 saturated carbocycles. The number of ether oxygens (including phenoxy) is 1. The van der Waals surface area contributed by atoms with Gasteiger partial charge in [0.25, 0.3) is 11.8 Å². The number of carbonyl (C=O) groups is 2. The fraction of sp³-hybridized carbons (Fsp3) is 0.0476. The van der Waals surface area contributed by atoms with Crippen molar-refractivity contribution in [3.05, 3.63) is 99.8 Å². The van der Waals surface area contributed by atoms with E-state index in [4.69, 9.17) is 4.74 Å². The maximum atomic E-state index is 13.6. The highest BCUT2D eigenvalue weighted by Crippen LogP contribution is 2.22. The third-order valence-electron chi connectivity index (χ3n) is 3.88. The van der Waals surface area contributed by atoms with Gasteiger partial charge in [-0.15, -0.1) is 0 Å². The van der Waals surface area contributed by atoms with Crippen LogP contribution in [-0.2, 0) is 6.61 Å². The van der Waals surface area contributed by atoms with Crippen LogP contribution in [0.3, 0.4) is 0 Å². The number of hydrogen-bond acceptors (Lipinski definition) is 3. The maximum absolute atomic E-state index is 13.6. The van der Waals surface area contributed by atoms with E-state index >= 15 is 0 Å². The van der Waals surface area contributed by atoms with Crippen molar-refractivity contribution in [3.63, 3.8) is 0 Å². The lowest BCUT2D eigenvalue weighted by Gasteiger charge is -2.13. The van der Waals surface area contributed by atoms with Gasteiger partial charge in [-0.05, 0) is 30.3 Å². The third kappa shape index (κ3) is 4.75. The zero-order valence-electron chi connectivity index (χ0n) is 14.6. The van der Waals surface area contributed by atoms with E-state index < -0.39 is 17.6 Å². The van der Waals surface area contributed by atoms with E-state index in [1.807, 2.05) is 24.3 Å². The SMILES string of the molecule is O=C(NNC(=O)c1ccccc1OCc1ccccc1Br)c1ccccc1F. The third-order valence-corrected chi connectivity index (χ3v) is 4.65. The Labute approximate surface area is 169 Å². The molecule has 5 nitrogen and oxygen atoms in total. The first-order valence-electron chi connectivity index (χ1n) is 8.36. The molecule has 28 heavy (non-hydrogen) atoms. The first kappa shape index (κ1) is 19.6. The van der Waals surface area contributed by atoms with Crippen LogP contribution < -0.4 is 15.6 Å². The van der Waals surface area contributed by atoms with Crippen molar-refractivity contribution in [2.45, 2.75) is 6.61 Å². The van der Waals surface area contributed by atoms with Crippen LogP contribution in [0.1, 0.15) is 26.3 Å². The molecule has 0 aliphatic heterocycles. The summed E-state index contributed by atoms with van der Waals surface area (Å²) in [6.45, 7) is 0.257. The zero-order chi connectivity index (χ0) is 19.9. The molecular weight excluding hydrogens is 427 g/mol. The molecule has 2 N–H and O–H groups in total. The molecule has 0 aliphatic carbocycles. The second kappa shape index (κ2) is 9.14. The molecule has 3 aromatic rings. The van der Waals surface area contributed by atoms with Gasteiger partial charge in [0.1, 0.15) is 18.2 Å². The highest BCUT2D eigenvalue weighted by Gasteiger charge is 2.15. The predicted molar refractivity (Wildman–Crippen MR) is 106 cm³/mol. The Hall–Kier alpha value is -3.19. The van der Waals surface area contributed by atoms with Gasteiger partial charge >= 0.3 is 0 Å². The molecule has 142 valence electrons. The van der Waals surface area contributed by atoms with Crippen molar-refractivity contribution < 1.29 is 18.7 Å². The molecule has 0 atom stereocenters. The van der Waals surface area contributed by atoms with Crippen molar-refractivity contribution in [1.29, 1.82) is 0 Å². The minimum absolute atomic E-state index is 0.165. The molecule has 0 aliphatic rings. The molecule has 0 saturated heterocycles. The van der Waals surface area contributed by atoms with Crippen molar-refractivity contribution in [3.8, 4) is 5.75 Å². The standard InChI is InChI=1S/C21H16BrFN2O3/c22-17-10-4-1-7-14(17)13-28-19-12-6-3-9-16(19)21(27)25-24-20(26)15-8-2-5-11-18(15)23/h1-12H,13H2,(H,24,26)(H,25,27). The second-order valence-electron chi connectivity index (χ2n) is 5.76. The summed E-state index contributed by atoms with van der Waals surface area (Å²) in [5, 5.41) is 0. The molecule has 0 aromatic heterocycles. The first-order chi connectivity index (χ1) is 13.6. The molecule has 0 radical (unpaired) electrons. The Morgan fingerprint density at radius 1 is 0.821 bits per heavy atom. The van der Waals surface area contributed by atoms with Gasteiger partial charge in [-0.25, -0.2) is 4.39 Å². The summed E-state index contributed by atoms with van der Waals surface area (Å²) in [4.78, 5) is 24.5. The largest absolute Gasteiger partial charge is 0.488 e. The van der Waals surface area contributed by atoms with Gasteiger partial charge in [-0.1, -0.05) is 58.4 Å². The summed E-state index contributed by atoms with van der Waals surface area (Å²) in [7, 11) is 0. The van der Waals surface area contributed by atoms with Crippen LogP contribution in [0.15, 0.2) is 77.3 Å². The number of benzene rings is 3. The Kier molecular flexibility index (Phi) is 6.39. The van der Waals surface area contributed by atoms with Gasteiger partial charge in [0.05, 0.1) is 11.1 Å². The van der Waals surface area contributed by atoms with E-state index in [0.717, 1.165) is 10.0 Å². The predicted octanol–water partition coefficient (Wildman–Crippen LogP) is 4.24. The van der Waals surface area contributed by atoms with Crippen LogP contribution >= 0.6 is 15.9 Å². The van der Waals surface area contributed by atoms with Crippen LogP contribution in [-0.4, -0.2) is 11.8 Å². The molecule has 0 bridgehead atoms. The number of hydrogen-bond donors (Lipinski definition) is 2. The normalized spacial score (nSPS) is 10.2. The van der Waals surface area contributed by atoms with Crippen LogP contribution in [0.5, 0.6) is 5.75 Å². The van der Waals surface area contributed by atoms with Crippen molar-refractivity contribution in [2.24, 2.45) is 0 Å². The van der Waals surface area contributed by atoms with Gasteiger partial charge in [0.15, 0.2) is 0 Å². The summed E-state index contributed by atoms with van der Waals surface area (Å²) < 4.78 is 20.3. The fourth-order valence-electron chi connectivity index (χ4n) is 2.44. The lowest BCUT2D eigenvalue weighted by atomic mass is 10.2. The average molecular weight is 443 g/mol. The average Bonchev–Trinajstić information content (AvgIpc) is 2.72. The molecular formula is C21H16BrFN2O3. The summed E-state index contributed by atoms with van der Waals surface area (Å²) in [6.07, 6.45) is 0. The Bertz CT molecular complexity index is 1010. The highest BCUT2D eigenvalue weighted by molar-refractivity contribution is 9.10. The maximum Gasteiger partial charge on any atom is 0.273 e. The van der Waals surface area contributed by atoms with Gasteiger partial charge in [0, 0.05) is 10.0 Å². The van der Waals surface area contributed by atoms with Crippen LogP contribution in [0.2, 0.25) is 0 Å². The summed E-state index contributed by atoms with van der Waals surface area (Å²) in [5.41, 5.74) is 5.48. The molecule has 0 unspecified atom stereocenters. The molecule has 7 heteroatoms. The monoisotopic (exact) mass is 442 g/mol. The molecule has 0 fully saturated rings. The minimum atomic E-state index is -0.752. The highest BCUT2D eigenvalue weighted by atomic mass is 79.9. The first-order valence-corrected chi connectivity index (χ1v) is 9.16. The number of rotatable bonds is 5. The fourth-order valence-corrected chi connectivity index (χ4v) is 2.84. The van der Waals surface area contributed by atoms with Gasteiger partial charge < -0.3 is 4.74 Å². The van der Waals surface area contributed by atoms with E-state index in [1.165, 1.54) is 24.3 Å². The van der Waals surface area contributed by atoms with Crippen LogP contribution in [0.25, 0.3) is 0 Å². The topological polar surface area (TPSA) is 67.4 Å². The number of nitrogens with one attached hydrogen (secondary N) is 2. The Balaban J connectivity index is 1.66. The summed E-state index contributed by atoms with van der Waals surface area (Å²) in [6, 6.07) is 19.7. The zero-order valence-corrected chi connectivity index (χ0v) is 16.2. The molecule has 3 aromatic carbocycles. The molecule has 0 spiro atoms. The molecule has 2 amide bonds. The van der Waals surface area contributed by atoms with E-state index in [1.54, 1.807) is 24.3 Å². The smallest absolute Gasteiger partial charge is 0.273 e. The van der Waals surface area contributed by atoms with Crippen LogP contribution in [0, 0.1) is 5.82 Å². The van der Waals surface area contributed by atoms with Crippen molar-refractivity contribution in [1.82, 2.24) is 10.9 Å². The van der Waals surface area contributed by atoms with E-state index in [-0.39, 0.29) is 17.7 Å². The van der Waals surface area contributed by atoms with Gasteiger partial charge in [-0.3, -0.25) is 20.4 Å².